The first kappa shape index (κ1) is 16.5. The van der Waals surface area contributed by atoms with Crippen LogP contribution in [0.4, 0.5) is 5.69 Å². The quantitative estimate of drug-likeness (QED) is 0.820. The molecule has 1 unspecified atom stereocenters. The number of para-hydroxylation sites is 1. The van der Waals surface area contributed by atoms with Crippen LogP contribution in [-0.4, -0.2) is 13.2 Å². The Kier molecular flexibility index (Phi) is 4.43. The maximum Gasteiger partial charge on any atom is 0.124 e. The standard InChI is InChI=1S/C22H27NO2/c1-4-24-19-10-6-5-8-16(19)21-17-9-7-11-25-22(17)18-13-14(2)12-15(3)20(18)23-21/h5-6,8,10,12-13,17,21-23H,4,7,9,11H2,1-3H3/t17-,21?,22-/m0/s1. The van der Waals surface area contributed by atoms with Gasteiger partial charge in [0, 0.05) is 29.3 Å². The monoisotopic (exact) mass is 337 g/mol. The summed E-state index contributed by atoms with van der Waals surface area (Å²) >= 11 is 0. The van der Waals surface area contributed by atoms with Crippen LogP contribution < -0.4 is 10.1 Å². The molecule has 3 atom stereocenters. The number of fused-ring (bicyclic) bond motifs is 3. The second-order valence-corrected chi connectivity index (χ2v) is 7.24. The molecule has 3 nitrogen and oxygen atoms in total. The second kappa shape index (κ2) is 6.72. The van der Waals surface area contributed by atoms with Crippen LogP contribution in [0.3, 0.4) is 0 Å². The predicted molar refractivity (Wildman–Crippen MR) is 101 cm³/mol. The first-order chi connectivity index (χ1) is 12.2. The van der Waals surface area contributed by atoms with Gasteiger partial charge in [-0.3, -0.25) is 0 Å². The lowest BCUT2D eigenvalue weighted by molar-refractivity contribution is -0.0384. The van der Waals surface area contributed by atoms with Crippen molar-refractivity contribution < 1.29 is 9.47 Å². The van der Waals surface area contributed by atoms with Crippen molar-refractivity contribution in [2.75, 3.05) is 18.5 Å². The number of anilines is 1. The number of rotatable bonds is 3. The minimum Gasteiger partial charge on any atom is -0.494 e. The van der Waals surface area contributed by atoms with Gasteiger partial charge in [-0.2, -0.15) is 0 Å². The third kappa shape index (κ3) is 2.91. The van der Waals surface area contributed by atoms with Gasteiger partial charge in [-0.15, -0.1) is 0 Å². The van der Waals surface area contributed by atoms with Crippen molar-refractivity contribution in [3.8, 4) is 5.75 Å². The van der Waals surface area contributed by atoms with E-state index < -0.39 is 0 Å². The molecule has 2 aliphatic heterocycles. The molecule has 0 amide bonds. The molecule has 132 valence electrons. The Balaban J connectivity index is 1.82. The van der Waals surface area contributed by atoms with E-state index in [9.17, 15) is 0 Å². The summed E-state index contributed by atoms with van der Waals surface area (Å²) in [6.07, 6.45) is 2.47. The van der Waals surface area contributed by atoms with Crippen LogP contribution in [0.1, 0.15) is 54.2 Å². The molecule has 2 aromatic rings. The number of hydrogen-bond acceptors (Lipinski definition) is 3. The van der Waals surface area contributed by atoms with Crippen LogP contribution >= 0.6 is 0 Å². The third-order valence-electron chi connectivity index (χ3n) is 5.47. The average Bonchev–Trinajstić information content (AvgIpc) is 2.62. The Hall–Kier alpha value is -2.00. The molecule has 0 bridgehead atoms. The Morgan fingerprint density at radius 3 is 2.84 bits per heavy atom. The van der Waals surface area contributed by atoms with Crippen molar-refractivity contribution in [2.45, 2.75) is 45.8 Å². The minimum absolute atomic E-state index is 0.170. The molecule has 25 heavy (non-hydrogen) atoms. The van der Waals surface area contributed by atoms with Crippen molar-refractivity contribution in [1.82, 2.24) is 0 Å². The summed E-state index contributed by atoms with van der Waals surface area (Å²) in [7, 11) is 0. The van der Waals surface area contributed by atoms with E-state index in [1.165, 1.54) is 34.4 Å². The number of nitrogens with one attached hydrogen (secondary N) is 1. The molecule has 0 aromatic heterocycles. The summed E-state index contributed by atoms with van der Waals surface area (Å²) in [5.74, 6) is 1.42. The third-order valence-corrected chi connectivity index (χ3v) is 5.47. The Morgan fingerprint density at radius 1 is 1.16 bits per heavy atom. The van der Waals surface area contributed by atoms with Gasteiger partial charge in [0.25, 0.3) is 0 Å². The topological polar surface area (TPSA) is 30.5 Å². The van der Waals surface area contributed by atoms with Crippen LogP contribution in [-0.2, 0) is 4.74 Å². The van der Waals surface area contributed by atoms with Gasteiger partial charge in [-0.25, -0.2) is 0 Å². The van der Waals surface area contributed by atoms with Crippen LogP contribution in [0, 0.1) is 19.8 Å². The van der Waals surface area contributed by atoms with Crippen molar-refractivity contribution >= 4 is 5.69 Å². The van der Waals surface area contributed by atoms with Gasteiger partial charge >= 0.3 is 0 Å². The molecule has 1 saturated heterocycles. The lowest BCUT2D eigenvalue weighted by atomic mass is 9.76. The highest BCUT2D eigenvalue weighted by atomic mass is 16.5. The predicted octanol–water partition coefficient (Wildman–Crippen LogP) is 5.34. The molecular formula is C22H27NO2. The van der Waals surface area contributed by atoms with Crippen molar-refractivity contribution in [3.63, 3.8) is 0 Å². The highest BCUT2D eigenvalue weighted by Gasteiger charge is 2.41. The lowest BCUT2D eigenvalue weighted by Gasteiger charge is -2.44. The fourth-order valence-electron chi connectivity index (χ4n) is 4.48. The normalized spacial score (nSPS) is 24.8. The van der Waals surface area contributed by atoms with Gasteiger partial charge in [0.05, 0.1) is 18.8 Å². The summed E-state index contributed by atoms with van der Waals surface area (Å²) in [4.78, 5) is 0. The first-order valence-electron chi connectivity index (χ1n) is 9.40. The highest BCUT2D eigenvalue weighted by Crippen LogP contribution is 2.51. The smallest absolute Gasteiger partial charge is 0.124 e. The summed E-state index contributed by atoms with van der Waals surface area (Å²) < 4.78 is 12.2. The van der Waals surface area contributed by atoms with Crippen molar-refractivity contribution in [2.24, 2.45) is 5.92 Å². The number of benzene rings is 2. The van der Waals surface area contributed by atoms with Gasteiger partial charge in [0.1, 0.15) is 5.75 Å². The second-order valence-electron chi connectivity index (χ2n) is 7.24. The van der Waals surface area contributed by atoms with E-state index in [1.807, 2.05) is 6.92 Å². The Bertz CT molecular complexity index is 771. The van der Waals surface area contributed by atoms with E-state index in [4.69, 9.17) is 9.47 Å². The van der Waals surface area contributed by atoms with E-state index in [2.05, 4.69) is 55.6 Å². The van der Waals surface area contributed by atoms with Crippen LogP contribution in [0.5, 0.6) is 5.75 Å². The van der Waals surface area contributed by atoms with E-state index >= 15 is 0 Å². The molecule has 1 N–H and O–H groups in total. The summed E-state index contributed by atoms with van der Waals surface area (Å²) in [6, 6.07) is 13.2. The van der Waals surface area contributed by atoms with E-state index in [0.29, 0.717) is 12.5 Å². The fourth-order valence-corrected chi connectivity index (χ4v) is 4.48. The van der Waals surface area contributed by atoms with Gasteiger partial charge in [-0.1, -0.05) is 35.9 Å². The molecule has 0 spiro atoms. The van der Waals surface area contributed by atoms with E-state index in [1.54, 1.807) is 0 Å². The van der Waals surface area contributed by atoms with E-state index in [-0.39, 0.29) is 12.1 Å². The Morgan fingerprint density at radius 2 is 2.00 bits per heavy atom. The van der Waals surface area contributed by atoms with Crippen LogP contribution in [0.2, 0.25) is 0 Å². The summed E-state index contributed by atoms with van der Waals surface area (Å²) in [5.41, 5.74) is 6.41. The largest absolute Gasteiger partial charge is 0.494 e. The molecule has 4 rings (SSSR count). The molecule has 2 heterocycles. The zero-order chi connectivity index (χ0) is 17.4. The average molecular weight is 337 g/mol. The first-order valence-corrected chi connectivity index (χ1v) is 9.40. The molecule has 0 aliphatic carbocycles. The minimum atomic E-state index is 0.170. The van der Waals surface area contributed by atoms with Gasteiger partial charge in [0.2, 0.25) is 0 Å². The van der Waals surface area contributed by atoms with Gasteiger partial charge in [0.15, 0.2) is 0 Å². The summed E-state index contributed by atoms with van der Waals surface area (Å²) in [6.45, 7) is 7.94. The number of ether oxygens (including phenoxy) is 2. The maximum atomic E-state index is 6.29. The van der Waals surface area contributed by atoms with Gasteiger partial charge in [-0.05, 0) is 45.2 Å². The summed E-state index contributed by atoms with van der Waals surface area (Å²) in [5, 5.41) is 3.85. The van der Waals surface area contributed by atoms with Crippen molar-refractivity contribution in [3.05, 3.63) is 58.7 Å². The van der Waals surface area contributed by atoms with Crippen molar-refractivity contribution in [1.29, 1.82) is 0 Å². The Labute approximate surface area is 150 Å². The molecule has 0 saturated carbocycles. The molecule has 3 heteroatoms. The van der Waals surface area contributed by atoms with Crippen LogP contribution in [0.15, 0.2) is 36.4 Å². The zero-order valence-corrected chi connectivity index (χ0v) is 15.3. The zero-order valence-electron chi connectivity index (χ0n) is 15.3. The van der Waals surface area contributed by atoms with Gasteiger partial charge < -0.3 is 14.8 Å². The lowest BCUT2D eigenvalue weighted by Crippen LogP contribution is -2.36. The van der Waals surface area contributed by atoms with Crippen LogP contribution in [0.25, 0.3) is 0 Å². The molecular weight excluding hydrogens is 310 g/mol. The molecule has 0 radical (unpaired) electrons. The molecule has 1 fully saturated rings. The van der Waals surface area contributed by atoms with E-state index in [0.717, 1.165) is 18.8 Å². The molecule has 2 aliphatic rings. The molecule has 2 aromatic carbocycles. The number of aryl methyl sites for hydroxylation is 2. The fraction of sp³-hybridized carbons (Fsp3) is 0.455. The SMILES string of the molecule is CCOc1ccccc1C1Nc2c(C)cc(C)cc2[C@H]2OCCC[C@@H]12. The number of hydrogen-bond donors (Lipinski definition) is 1. The highest BCUT2D eigenvalue weighted by molar-refractivity contribution is 5.63. The maximum absolute atomic E-state index is 6.29.